The molecular weight excluding hydrogens is 336 g/mol. The summed E-state index contributed by atoms with van der Waals surface area (Å²) in [6, 6.07) is 9.21. The van der Waals surface area contributed by atoms with Crippen LogP contribution in [-0.2, 0) is 11.3 Å². The van der Waals surface area contributed by atoms with E-state index in [0.717, 1.165) is 32.5 Å². The molecule has 1 saturated heterocycles. The number of hydrogen-bond acceptors (Lipinski definition) is 4. The molecule has 0 spiro atoms. The van der Waals surface area contributed by atoms with Crippen LogP contribution in [0.25, 0.3) is 0 Å². The number of nitrogens with zero attached hydrogens (tertiary/aromatic N) is 2. The first-order valence-electron chi connectivity index (χ1n) is 10.6. The van der Waals surface area contributed by atoms with Crippen molar-refractivity contribution in [1.29, 1.82) is 0 Å². The Morgan fingerprint density at radius 2 is 1.59 bits per heavy atom. The summed E-state index contributed by atoms with van der Waals surface area (Å²) in [5.74, 6) is 0. The minimum atomic E-state index is -0.601. The minimum absolute atomic E-state index is 0.575. The van der Waals surface area contributed by atoms with Crippen molar-refractivity contribution < 1.29 is 9.84 Å². The first kappa shape index (κ1) is 25.9. The maximum Gasteiger partial charge on any atom is 0.0718 e. The van der Waals surface area contributed by atoms with E-state index in [2.05, 4.69) is 55.0 Å². The molecule has 0 atom stereocenters. The second kappa shape index (κ2) is 14.0. The summed E-state index contributed by atoms with van der Waals surface area (Å²) >= 11 is 0. The molecule has 0 aliphatic carbocycles. The maximum atomic E-state index is 9.93. The van der Waals surface area contributed by atoms with Gasteiger partial charge in [0.2, 0.25) is 0 Å². The Hall–Kier alpha value is -1.10. The van der Waals surface area contributed by atoms with Crippen LogP contribution in [0.3, 0.4) is 0 Å². The van der Waals surface area contributed by atoms with Gasteiger partial charge < -0.3 is 19.6 Å². The minimum Gasteiger partial charge on any atom is -0.389 e. The molecule has 0 bridgehead atoms. The molecule has 2 rings (SSSR count). The van der Waals surface area contributed by atoms with Crippen molar-refractivity contribution in [3.05, 3.63) is 29.8 Å². The lowest BCUT2D eigenvalue weighted by Crippen LogP contribution is -2.47. The van der Waals surface area contributed by atoms with Gasteiger partial charge in [-0.05, 0) is 44.4 Å². The Balaban J connectivity index is 0.00000123. The third-order valence-electron chi connectivity index (χ3n) is 4.37. The molecule has 1 aliphatic rings. The van der Waals surface area contributed by atoms with E-state index in [9.17, 15) is 5.11 Å². The molecule has 0 unspecified atom stereocenters. The van der Waals surface area contributed by atoms with E-state index in [1.807, 2.05) is 27.7 Å². The Bertz CT molecular complexity index is 460. The van der Waals surface area contributed by atoms with Gasteiger partial charge in [0.1, 0.15) is 0 Å². The lowest BCUT2D eigenvalue weighted by Gasteiger charge is -2.39. The van der Waals surface area contributed by atoms with Gasteiger partial charge in [0.05, 0.1) is 12.2 Å². The Morgan fingerprint density at radius 3 is 2.00 bits per heavy atom. The highest BCUT2D eigenvalue weighted by molar-refractivity contribution is 5.47. The molecular formula is C23H44N2O2. The number of rotatable bonds is 6. The summed E-state index contributed by atoms with van der Waals surface area (Å²) < 4.78 is 5.16. The second-order valence-electron chi connectivity index (χ2n) is 7.74. The van der Waals surface area contributed by atoms with Crippen LogP contribution in [0.15, 0.2) is 24.3 Å². The number of likely N-dealkylation sites (tertiary alicyclic amines) is 1. The van der Waals surface area contributed by atoms with Crippen LogP contribution in [0.4, 0.5) is 5.69 Å². The Labute approximate surface area is 168 Å². The van der Waals surface area contributed by atoms with Crippen LogP contribution < -0.4 is 4.90 Å². The average Bonchev–Trinajstić information content (AvgIpc) is 2.64. The third kappa shape index (κ3) is 10.7. The van der Waals surface area contributed by atoms with Crippen molar-refractivity contribution in [3.63, 3.8) is 0 Å². The van der Waals surface area contributed by atoms with Crippen LogP contribution in [0.2, 0.25) is 0 Å². The van der Waals surface area contributed by atoms with Gasteiger partial charge in [-0.15, -0.1) is 0 Å². The van der Waals surface area contributed by atoms with E-state index < -0.39 is 5.60 Å². The van der Waals surface area contributed by atoms with Crippen LogP contribution >= 0.6 is 0 Å². The molecule has 0 aromatic heterocycles. The van der Waals surface area contributed by atoms with Crippen molar-refractivity contribution in [2.45, 2.75) is 79.1 Å². The molecule has 1 aromatic carbocycles. The van der Waals surface area contributed by atoms with Crippen LogP contribution in [-0.4, -0.2) is 55.4 Å². The van der Waals surface area contributed by atoms with Gasteiger partial charge in [-0.2, -0.15) is 0 Å². The molecule has 27 heavy (non-hydrogen) atoms. The predicted octanol–water partition coefficient (Wildman–Crippen LogP) is 4.95. The number of methoxy groups -OCH3 is 1. The lowest BCUT2D eigenvalue weighted by atomic mass is 10.0. The summed E-state index contributed by atoms with van der Waals surface area (Å²) in [7, 11) is 3.91. The van der Waals surface area contributed by atoms with Gasteiger partial charge in [-0.3, -0.25) is 0 Å². The number of β-amino-alcohol motifs (C(OH)–C–C–N with tert-alkyl or cyclic N) is 1. The van der Waals surface area contributed by atoms with Gasteiger partial charge in [0, 0.05) is 45.5 Å². The van der Waals surface area contributed by atoms with Gasteiger partial charge in [-0.1, -0.05) is 46.2 Å². The smallest absolute Gasteiger partial charge is 0.0718 e. The fraction of sp³-hybridized carbons (Fsp3) is 0.739. The van der Waals surface area contributed by atoms with E-state index in [-0.39, 0.29) is 0 Å². The SMILES string of the molecule is CC.CCC.COCc1ccc(N(C)C2CCN(CC(C)(C)O)CC2)cc1. The van der Waals surface area contributed by atoms with E-state index >= 15 is 0 Å². The predicted molar refractivity (Wildman–Crippen MR) is 119 cm³/mol. The van der Waals surface area contributed by atoms with Crippen molar-refractivity contribution in [1.82, 2.24) is 4.90 Å². The fourth-order valence-corrected chi connectivity index (χ4v) is 3.22. The highest BCUT2D eigenvalue weighted by Gasteiger charge is 2.26. The summed E-state index contributed by atoms with van der Waals surface area (Å²) in [5, 5.41) is 9.93. The zero-order chi connectivity index (χ0) is 20.9. The van der Waals surface area contributed by atoms with E-state index in [0.29, 0.717) is 12.6 Å². The van der Waals surface area contributed by atoms with Crippen molar-refractivity contribution in [3.8, 4) is 0 Å². The van der Waals surface area contributed by atoms with Crippen molar-refractivity contribution in [2.75, 3.05) is 38.7 Å². The molecule has 0 amide bonds. The molecule has 1 fully saturated rings. The van der Waals surface area contributed by atoms with E-state index in [1.165, 1.54) is 17.7 Å². The Morgan fingerprint density at radius 1 is 1.11 bits per heavy atom. The lowest BCUT2D eigenvalue weighted by molar-refractivity contribution is 0.0283. The molecule has 1 N–H and O–H groups in total. The van der Waals surface area contributed by atoms with Gasteiger partial charge in [-0.25, -0.2) is 0 Å². The summed E-state index contributed by atoms with van der Waals surface area (Å²) in [4.78, 5) is 4.75. The van der Waals surface area contributed by atoms with Gasteiger partial charge in [0.25, 0.3) is 0 Å². The average molecular weight is 381 g/mol. The van der Waals surface area contributed by atoms with Gasteiger partial charge in [0.15, 0.2) is 0 Å². The van der Waals surface area contributed by atoms with Crippen molar-refractivity contribution >= 4 is 5.69 Å². The number of piperidine rings is 1. The molecule has 158 valence electrons. The monoisotopic (exact) mass is 380 g/mol. The molecule has 4 heteroatoms. The number of hydrogen-bond donors (Lipinski definition) is 1. The topological polar surface area (TPSA) is 35.9 Å². The highest BCUT2D eigenvalue weighted by Crippen LogP contribution is 2.23. The molecule has 0 radical (unpaired) electrons. The largest absolute Gasteiger partial charge is 0.389 e. The number of benzene rings is 1. The zero-order valence-corrected chi connectivity index (χ0v) is 19.1. The first-order valence-corrected chi connectivity index (χ1v) is 10.6. The molecule has 1 heterocycles. The van der Waals surface area contributed by atoms with Crippen LogP contribution in [0, 0.1) is 0 Å². The molecule has 4 nitrogen and oxygen atoms in total. The highest BCUT2D eigenvalue weighted by atomic mass is 16.5. The number of ether oxygens (including phenoxy) is 1. The summed E-state index contributed by atoms with van der Waals surface area (Å²) in [6.45, 7) is 15.6. The third-order valence-corrected chi connectivity index (χ3v) is 4.37. The van der Waals surface area contributed by atoms with Crippen LogP contribution in [0.1, 0.15) is 66.4 Å². The van der Waals surface area contributed by atoms with E-state index in [1.54, 1.807) is 7.11 Å². The fourth-order valence-electron chi connectivity index (χ4n) is 3.22. The number of anilines is 1. The summed E-state index contributed by atoms with van der Waals surface area (Å²) in [6.07, 6.45) is 3.54. The van der Waals surface area contributed by atoms with E-state index in [4.69, 9.17) is 4.74 Å². The van der Waals surface area contributed by atoms with Crippen molar-refractivity contribution in [2.24, 2.45) is 0 Å². The quantitative estimate of drug-likeness (QED) is 0.758. The first-order chi connectivity index (χ1) is 12.8. The number of aliphatic hydroxyl groups is 1. The zero-order valence-electron chi connectivity index (χ0n) is 19.1. The summed E-state index contributed by atoms with van der Waals surface area (Å²) in [5.41, 5.74) is 1.87. The molecule has 1 aliphatic heterocycles. The molecule has 1 aromatic rings. The van der Waals surface area contributed by atoms with Crippen LogP contribution in [0.5, 0.6) is 0 Å². The second-order valence-corrected chi connectivity index (χ2v) is 7.74. The van der Waals surface area contributed by atoms with Gasteiger partial charge >= 0.3 is 0 Å². The standard InChI is InChI=1S/C18H30N2O2.C3H8.C2H6/c1-18(2,21)14-20-11-9-17(10-12-20)19(3)16-7-5-15(6-8-16)13-22-4;1-3-2;1-2/h5-8,17,21H,9-14H2,1-4H3;3H2,1-2H3;1-2H3. The molecule has 0 saturated carbocycles. The normalized spacial score (nSPS) is 15.3. The Kier molecular flexibility index (Phi) is 13.4. The maximum absolute atomic E-state index is 9.93.